The highest BCUT2D eigenvalue weighted by Crippen LogP contribution is 2.27. The van der Waals surface area contributed by atoms with Crippen molar-refractivity contribution in [1.82, 2.24) is 4.98 Å². The van der Waals surface area contributed by atoms with Crippen molar-refractivity contribution in [1.29, 1.82) is 0 Å². The van der Waals surface area contributed by atoms with Crippen molar-refractivity contribution in [2.24, 2.45) is 0 Å². The Hall–Kier alpha value is -2.14. The van der Waals surface area contributed by atoms with Crippen molar-refractivity contribution in [2.75, 3.05) is 17.7 Å². The van der Waals surface area contributed by atoms with Crippen LogP contribution in [-0.4, -0.2) is 17.9 Å². The molecule has 0 spiro atoms. The second-order valence-electron chi connectivity index (χ2n) is 3.96. The summed E-state index contributed by atoms with van der Waals surface area (Å²) in [6, 6.07) is 5.92. The summed E-state index contributed by atoms with van der Waals surface area (Å²) >= 11 is 5.87. The molecule has 2 rings (SSSR count). The third-order valence-electron chi connectivity index (χ3n) is 2.61. The minimum absolute atomic E-state index is 0.141. The Balaban J connectivity index is 2.36. The predicted molar refractivity (Wildman–Crippen MR) is 72.8 cm³/mol. The maximum absolute atomic E-state index is 13.1. The lowest BCUT2D eigenvalue weighted by Gasteiger charge is -2.19. The maximum atomic E-state index is 13.1. The first-order valence-corrected chi connectivity index (χ1v) is 5.80. The number of anilines is 2. The molecule has 0 bridgehead atoms. The van der Waals surface area contributed by atoms with Crippen LogP contribution in [0.2, 0.25) is 5.02 Å². The highest BCUT2D eigenvalue weighted by molar-refractivity contribution is 6.31. The summed E-state index contributed by atoms with van der Waals surface area (Å²) in [6.07, 6.45) is 2.33. The number of aromatic nitrogens is 1. The predicted octanol–water partition coefficient (Wildman–Crippen LogP) is 2.73. The molecule has 1 aromatic heterocycles. The molecule has 0 unspecified atom stereocenters. The molecule has 2 aromatic rings. The smallest absolute Gasteiger partial charge is 0.259 e. The Labute approximate surface area is 114 Å². The van der Waals surface area contributed by atoms with Crippen molar-refractivity contribution in [3.05, 3.63) is 53.1 Å². The van der Waals surface area contributed by atoms with Gasteiger partial charge in [-0.3, -0.25) is 9.78 Å². The highest BCUT2D eigenvalue weighted by atomic mass is 35.5. The van der Waals surface area contributed by atoms with Crippen molar-refractivity contribution in [3.8, 4) is 0 Å². The Morgan fingerprint density at radius 3 is 2.79 bits per heavy atom. The van der Waals surface area contributed by atoms with Gasteiger partial charge in [0.15, 0.2) is 0 Å². The van der Waals surface area contributed by atoms with Gasteiger partial charge in [0.2, 0.25) is 0 Å². The summed E-state index contributed by atoms with van der Waals surface area (Å²) in [5.74, 6) is -0.987. The van der Waals surface area contributed by atoms with Crippen molar-refractivity contribution in [3.63, 3.8) is 0 Å². The third kappa shape index (κ3) is 2.82. The third-order valence-corrected chi connectivity index (χ3v) is 2.85. The van der Waals surface area contributed by atoms with Gasteiger partial charge in [-0.05, 0) is 24.3 Å². The van der Waals surface area contributed by atoms with E-state index in [0.29, 0.717) is 16.4 Å². The SMILES string of the molecule is CN(C(=O)c1cncc(F)c1)c1cc(Cl)ccc1N. The van der Waals surface area contributed by atoms with E-state index in [4.69, 9.17) is 17.3 Å². The molecule has 6 heteroatoms. The molecule has 0 radical (unpaired) electrons. The highest BCUT2D eigenvalue weighted by Gasteiger charge is 2.16. The van der Waals surface area contributed by atoms with Crippen LogP contribution >= 0.6 is 11.6 Å². The van der Waals surface area contributed by atoms with Gasteiger partial charge in [-0.2, -0.15) is 0 Å². The summed E-state index contributed by atoms with van der Waals surface area (Å²) in [5.41, 5.74) is 6.80. The maximum Gasteiger partial charge on any atom is 0.259 e. The molecule has 98 valence electrons. The zero-order valence-corrected chi connectivity index (χ0v) is 10.9. The Morgan fingerprint density at radius 1 is 1.37 bits per heavy atom. The molecule has 0 aliphatic carbocycles. The number of pyridine rings is 1. The lowest BCUT2D eigenvalue weighted by atomic mass is 10.2. The molecule has 19 heavy (non-hydrogen) atoms. The van der Waals surface area contributed by atoms with Gasteiger partial charge in [-0.1, -0.05) is 11.6 Å². The molecule has 4 nitrogen and oxygen atoms in total. The minimum Gasteiger partial charge on any atom is -0.397 e. The van der Waals surface area contributed by atoms with Crippen molar-refractivity contribution >= 4 is 28.9 Å². The van der Waals surface area contributed by atoms with E-state index in [2.05, 4.69) is 4.98 Å². The minimum atomic E-state index is -0.571. The zero-order chi connectivity index (χ0) is 14.0. The molecule has 0 aliphatic heterocycles. The summed E-state index contributed by atoms with van der Waals surface area (Å²) < 4.78 is 13.1. The summed E-state index contributed by atoms with van der Waals surface area (Å²) in [6.45, 7) is 0. The summed E-state index contributed by atoms with van der Waals surface area (Å²) in [7, 11) is 1.54. The quantitative estimate of drug-likeness (QED) is 0.860. The molecule has 0 saturated heterocycles. The van der Waals surface area contributed by atoms with Crippen LogP contribution in [0.15, 0.2) is 36.7 Å². The van der Waals surface area contributed by atoms with E-state index < -0.39 is 11.7 Å². The van der Waals surface area contributed by atoms with Gasteiger partial charge in [-0.25, -0.2) is 4.39 Å². The number of hydrogen-bond donors (Lipinski definition) is 1. The Morgan fingerprint density at radius 2 is 2.11 bits per heavy atom. The van der Waals surface area contributed by atoms with Crippen LogP contribution < -0.4 is 10.6 Å². The van der Waals surface area contributed by atoms with Crippen LogP contribution in [0.5, 0.6) is 0 Å². The second kappa shape index (κ2) is 5.24. The second-order valence-corrected chi connectivity index (χ2v) is 4.40. The van der Waals surface area contributed by atoms with Crippen LogP contribution in [0.3, 0.4) is 0 Å². The molecule has 1 amide bonds. The summed E-state index contributed by atoms with van der Waals surface area (Å²) in [4.78, 5) is 17.1. The van der Waals surface area contributed by atoms with Crippen molar-refractivity contribution in [2.45, 2.75) is 0 Å². The van der Waals surface area contributed by atoms with Gasteiger partial charge in [0.05, 0.1) is 23.1 Å². The molecular weight excluding hydrogens is 269 g/mol. The fourth-order valence-corrected chi connectivity index (χ4v) is 1.81. The van der Waals surface area contributed by atoms with E-state index >= 15 is 0 Å². The number of hydrogen-bond acceptors (Lipinski definition) is 3. The van der Waals surface area contributed by atoms with Crippen molar-refractivity contribution < 1.29 is 9.18 Å². The van der Waals surface area contributed by atoms with Gasteiger partial charge in [0.25, 0.3) is 5.91 Å². The number of benzene rings is 1. The van der Waals surface area contributed by atoms with Crippen LogP contribution in [0.25, 0.3) is 0 Å². The van der Waals surface area contributed by atoms with Gasteiger partial charge in [0, 0.05) is 18.3 Å². The lowest BCUT2D eigenvalue weighted by Crippen LogP contribution is -2.27. The molecular formula is C13H11ClFN3O. The van der Waals surface area contributed by atoms with Gasteiger partial charge in [0.1, 0.15) is 5.82 Å². The largest absolute Gasteiger partial charge is 0.397 e. The first kappa shape index (κ1) is 13.3. The first-order valence-electron chi connectivity index (χ1n) is 5.42. The summed E-state index contributed by atoms with van der Waals surface area (Å²) in [5, 5.41) is 0.459. The van der Waals surface area contributed by atoms with Crippen LogP contribution in [0.1, 0.15) is 10.4 Å². The molecule has 2 N–H and O–H groups in total. The van der Waals surface area contributed by atoms with Crippen LogP contribution in [0, 0.1) is 5.82 Å². The van der Waals surface area contributed by atoms with E-state index in [9.17, 15) is 9.18 Å². The molecule has 0 saturated carbocycles. The molecule has 0 aliphatic rings. The van der Waals surface area contributed by atoms with Crippen LogP contribution in [-0.2, 0) is 0 Å². The average molecular weight is 280 g/mol. The van der Waals surface area contributed by atoms with E-state index in [1.54, 1.807) is 18.2 Å². The number of carbonyl (C=O) groups is 1. The topological polar surface area (TPSA) is 59.2 Å². The number of nitrogens with zero attached hydrogens (tertiary/aromatic N) is 2. The average Bonchev–Trinajstić information content (AvgIpc) is 2.40. The van der Waals surface area contributed by atoms with Crippen LogP contribution in [0.4, 0.5) is 15.8 Å². The Kier molecular flexibility index (Phi) is 3.66. The number of halogens is 2. The molecule has 1 heterocycles. The van der Waals surface area contributed by atoms with E-state index in [0.717, 1.165) is 12.3 Å². The molecule has 1 aromatic carbocycles. The number of rotatable bonds is 2. The lowest BCUT2D eigenvalue weighted by molar-refractivity contribution is 0.0992. The number of amides is 1. The fourth-order valence-electron chi connectivity index (χ4n) is 1.64. The number of carbonyl (C=O) groups excluding carboxylic acids is 1. The van der Waals surface area contributed by atoms with E-state index in [1.807, 2.05) is 0 Å². The Bertz CT molecular complexity index is 633. The monoisotopic (exact) mass is 279 g/mol. The zero-order valence-electron chi connectivity index (χ0n) is 10.1. The van der Waals surface area contributed by atoms with Gasteiger partial charge in [-0.15, -0.1) is 0 Å². The first-order chi connectivity index (χ1) is 8.99. The molecule has 0 atom stereocenters. The molecule has 0 fully saturated rings. The standard InChI is InChI=1S/C13H11ClFN3O/c1-18(12-5-9(14)2-3-11(12)16)13(19)8-4-10(15)7-17-6-8/h2-7H,16H2,1H3. The van der Waals surface area contributed by atoms with Gasteiger partial charge < -0.3 is 10.6 Å². The van der Waals surface area contributed by atoms with E-state index in [1.165, 1.54) is 18.1 Å². The normalized spacial score (nSPS) is 10.3. The fraction of sp³-hybridized carbons (Fsp3) is 0.0769. The van der Waals surface area contributed by atoms with Gasteiger partial charge >= 0.3 is 0 Å². The number of nitrogens with two attached hydrogens (primary N) is 1. The van der Waals surface area contributed by atoms with E-state index in [-0.39, 0.29) is 5.56 Å². The number of nitrogen functional groups attached to an aromatic ring is 1.